The molecule has 2 heterocycles. The number of hydrogen-bond acceptors (Lipinski definition) is 5. The second-order valence-corrected chi connectivity index (χ2v) is 12.0. The summed E-state index contributed by atoms with van der Waals surface area (Å²) in [6.45, 7) is 5.52. The molecule has 2 fully saturated rings. The summed E-state index contributed by atoms with van der Waals surface area (Å²) >= 11 is 0. The Hall–Kier alpha value is -2.38. The van der Waals surface area contributed by atoms with Crippen LogP contribution >= 0.6 is 0 Å². The molecule has 0 radical (unpaired) electrons. The van der Waals surface area contributed by atoms with Crippen LogP contribution in [0.25, 0.3) is 0 Å². The van der Waals surface area contributed by atoms with E-state index in [9.17, 15) is 13.2 Å². The van der Waals surface area contributed by atoms with Gasteiger partial charge in [-0.25, -0.2) is 8.42 Å². The second-order valence-electron chi connectivity index (χ2n) is 10.1. The van der Waals surface area contributed by atoms with E-state index in [0.29, 0.717) is 29.8 Å². The summed E-state index contributed by atoms with van der Waals surface area (Å²) in [5.41, 5.74) is 3.41. The summed E-state index contributed by atoms with van der Waals surface area (Å²) < 4.78 is 41.3. The normalized spacial score (nSPS) is 21.0. The number of Topliss-reactive ketones (excluding diaryl/α,β-unsaturated/α-hetero) is 1. The van der Waals surface area contributed by atoms with Gasteiger partial charge < -0.3 is 9.47 Å². The maximum Gasteiger partial charge on any atom is 0.264 e. The molecule has 0 spiro atoms. The van der Waals surface area contributed by atoms with Crippen LogP contribution in [-0.2, 0) is 27.6 Å². The first-order chi connectivity index (χ1) is 16.9. The van der Waals surface area contributed by atoms with E-state index in [1.54, 1.807) is 16.4 Å². The molecule has 2 aromatic rings. The lowest BCUT2D eigenvalue weighted by Gasteiger charge is -2.38. The van der Waals surface area contributed by atoms with Crippen LogP contribution in [0, 0.1) is 11.8 Å². The zero-order valence-corrected chi connectivity index (χ0v) is 21.5. The summed E-state index contributed by atoms with van der Waals surface area (Å²) in [4.78, 5) is 12.7. The first-order valence-corrected chi connectivity index (χ1v) is 14.3. The van der Waals surface area contributed by atoms with Crippen molar-refractivity contribution in [3.63, 3.8) is 0 Å². The Balaban J connectivity index is 1.48. The summed E-state index contributed by atoms with van der Waals surface area (Å²) in [6.07, 6.45) is 6.64. The topological polar surface area (TPSA) is 72.9 Å². The number of sulfonamides is 1. The first kappa shape index (κ1) is 24.3. The Morgan fingerprint density at radius 2 is 1.83 bits per heavy atom. The number of fused-ring (bicyclic) bond motifs is 1. The van der Waals surface area contributed by atoms with Crippen LogP contribution in [0.15, 0.2) is 41.3 Å². The lowest BCUT2D eigenvalue weighted by molar-refractivity contribution is 0.0495. The van der Waals surface area contributed by atoms with Gasteiger partial charge in [0, 0.05) is 19.3 Å². The zero-order chi connectivity index (χ0) is 24.6. The Labute approximate surface area is 208 Å². The van der Waals surface area contributed by atoms with Gasteiger partial charge >= 0.3 is 0 Å². The summed E-state index contributed by atoms with van der Waals surface area (Å²) in [6, 6.07) is 10.9. The molecule has 6 nitrogen and oxygen atoms in total. The van der Waals surface area contributed by atoms with E-state index in [1.807, 2.05) is 12.1 Å². The van der Waals surface area contributed by atoms with Gasteiger partial charge in [-0.15, -0.1) is 0 Å². The van der Waals surface area contributed by atoms with Crippen molar-refractivity contribution in [1.82, 2.24) is 0 Å². The molecule has 0 aromatic heterocycles. The highest BCUT2D eigenvalue weighted by molar-refractivity contribution is 7.92. The fourth-order valence-electron chi connectivity index (χ4n) is 5.39. The molecule has 3 aliphatic rings. The Kier molecular flexibility index (Phi) is 6.91. The molecule has 1 unspecified atom stereocenters. The van der Waals surface area contributed by atoms with Crippen LogP contribution in [0.2, 0.25) is 0 Å². The molecular formula is C28H35NO5S. The highest BCUT2D eigenvalue weighted by Gasteiger charge is 2.44. The molecule has 0 N–H and O–H groups in total. The van der Waals surface area contributed by atoms with E-state index in [-0.39, 0.29) is 16.7 Å². The molecule has 0 amide bonds. The first-order valence-electron chi connectivity index (χ1n) is 12.9. The lowest BCUT2D eigenvalue weighted by atomic mass is 9.93. The minimum Gasteiger partial charge on any atom is -0.493 e. The van der Waals surface area contributed by atoms with E-state index < -0.39 is 10.0 Å². The number of aryl methyl sites for hydroxylation is 2. The van der Waals surface area contributed by atoms with E-state index in [0.717, 1.165) is 69.4 Å². The van der Waals surface area contributed by atoms with Crippen LogP contribution < -0.4 is 9.04 Å². The number of carbonyl (C=O) groups excluding carboxylic acids is 1. The minimum absolute atomic E-state index is 0.0369. The fourth-order valence-corrected chi connectivity index (χ4v) is 7.20. The average Bonchev–Trinajstić information content (AvgIpc) is 3.72. The van der Waals surface area contributed by atoms with E-state index in [4.69, 9.17) is 9.47 Å². The van der Waals surface area contributed by atoms with Gasteiger partial charge in [0.1, 0.15) is 5.75 Å². The number of hydrogen-bond donors (Lipinski definition) is 0. The van der Waals surface area contributed by atoms with Gasteiger partial charge in [-0.3, -0.25) is 9.10 Å². The highest BCUT2D eigenvalue weighted by Crippen LogP contribution is 2.45. The molecule has 7 heteroatoms. The van der Waals surface area contributed by atoms with Crippen LogP contribution in [0.5, 0.6) is 5.75 Å². The Bertz CT molecular complexity index is 1200. The number of ketones is 1. The molecule has 2 aromatic carbocycles. The number of rotatable bonds is 8. The van der Waals surface area contributed by atoms with Gasteiger partial charge in [0.2, 0.25) is 0 Å². The molecule has 0 bridgehead atoms. The predicted molar refractivity (Wildman–Crippen MR) is 136 cm³/mol. The molecule has 1 atom stereocenters. The third kappa shape index (κ3) is 4.98. The highest BCUT2D eigenvalue weighted by atomic mass is 32.2. The fraction of sp³-hybridized carbons (Fsp3) is 0.536. The maximum absolute atomic E-state index is 14.1. The van der Waals surface area contributed by atoms with Gasteiger partial charge in [-0.1, -0.05) is 19.1 Å². The van der Waals surface area contributed by atoms with Crippen molar-refractivity contribution >= 4 is 21.5 Å². The molecule has 35 heavy (non-hydrogen) atoms. The van der Waals surface area contributed by atoms with Crippen LogP contribution in [0.1, 0.15) is 67.4 Å². The Morgan fingerprint density at radius 3 is 2.51 bits per heavy atom. The van der Waals surface area contributed by atoms with Crippen molar-refractivity contribution in [2.45, 2.75) is 69.7 Å². The van der Waals surface area contributed by atoms with Crippen LogP contribution in [0.3, 0.4) is 0 Å². The van der Waals surface area contributed by atoms with E-state index in [2.05, 4.69) is 13.0 Å². The number of ether oxygens (including phenoxy) is 2. The largest absolute Gasteiger partial charge is 0.493 e. The predicted octanol–water partition coefficient (Wildman–Crippen LogP) is 5.18. The average molecular weight is 498 g/mol. The SMILES string of the molecule is CCc1ccc2c(c1)CCC(C1CC1)N2S(=O)(=O)c1ccc(OCC2CCOCC2)c(C(C)=O)c1. The third-order valence-electron chi connectivity index (χ3n) is 7.67. The summed E-state index contributed by atoms with van der Waals surface area (Å²) in [5.74, 6) is 1.03. The zero-order valence-electron chi connectivity index (χ0n) is 20.7. The quantitative estimate of drug-likeness (QED) is 0.470. The summed E-state index contributed by atoms with van der Waals surface area (Å²) in [7, 11) is -3.85. The van der Waals surface area contributed by atoms with Crippen molar-refractivity contribution in [2.75, 3.05) is 24.1 Å². The molecule has 5 rings (SSSR count). The van der Waals surface area contributed by atoms with Crippen LogP contribution in [-0.4, -0.2) is 40.1 Å². The molecule has 1 saturated carbocycles. The van der Waals surface area contributed by atoms with Crippen molar-refractivity contribution < 1.29 is 22.7 Å². The molecule has 2 aliphatic heterocycles. The molecule has 188 valence electrons. The van der Waals surface area contributed by atoms with E-state index in [1.165, 1.54) is 18.6 Å². The van der Waals surface area contributed by atoms with Gasteiger partial charge in [0.05, 0.1) is 22.8 Å². The maximum atomic E-state index is 14.1. The minimum atomic E-state index is -3.85. The van der Waals surface area contributed by atoms with Crippen molar-refractivity contribution in [3.8, 4) is 5.75 Å². The standard InChI is InChI=1S/C28H35NO5S/c1-3-20-4-9-27-23(16-20)7-10-26(22-5-6-22)29(27)35(31,32)24-8-11-28(25(17-24)19(2)30)34-18-21-12-14-33-15-13-21/h4,8-9,11,16-17,21-22,26H,3,5-7,10,12-15,18H2,1-2H3. The lowest BCUT2D eigenvalue weighted by Crippen LogP contribution is -2.45. The number of anilines is 1. The summed E-state index contributed by atoms with van der Waals surface area (Å²) in [5, 5.41) is 0. The monoisotopic (exact) mass is 497 g/mol. The second kappa shape index (κ2) is 9.94. The van der Waals surface area contributed by atoms with Gasteiger partial charge in [0.25, 0.3) is 10.0 Å². The molecule has 1 saturated heterocycles. The van der Waals surface area contributed by atoms with Gasteiger partial charge in [0.15, 0.2) is 5.78 Å². The molecular weight excluding hydrogens is 462 g/mol. The van der Waals surface area contributed by atoms with Crippen molar-refractivity contribution in [1.29, 1.82) is 0 Å². The molecule has 1 aliphatic carbocycles. The van der Waals surface area contributed by atoms with E-state index >= 15 is 0 Å². The smallest absolute Gasteiger partial charge is 0.264 e. The number of nitrogens with zero attached hydrogens (tertiary/aromatic N) is 1. The van der Waals surface area contributed by atoms with Crippen molar-refractivity contribution in [2.24, 2.45) is 11.8 Å². The van der Waals surface area contributed by atoms with Gasteiger partial charge in [-0.05, 0) is 99.1 Å². The third-order valence-corrected chi connectivity index (χ3v) is 9.50. The van der Waals surface area contributed by atoms with Gasteiger partial charge in [-0.2, -0.15) is 0 Å². The number of benzene rings is 2. The number of carbonyl (C=O) groups is 1. The van der Waals surface area contributed by atoms with Crippen LogP contribution in [0.4, 0.5) is 5.69 Å². The van der Waals surface area contributed by atoms with Crippen molar-refractivity contribution in [3.05, 3.63) is 53.1 Å². The Morgan fingerprint density at radius 1 is 1.06 bits per heavy atom.